The summed E-state index contributed by atoms with van der Waals surface area (Å²) in [5, 5.41) is 3.05. The van der Waals surface area contributed by atoms with Crippen LogP contribution in [0.15, 0.2) is 43.1 Å². The van der Waals surface area contributed by atoms with Gasteiger partial charge in [0.15, 0.2) is 0 Å². The van der Waals surface area contributed by atoms with E-state index in [1.165, 1.54) is 0 Å². The lowest BCUT2D eigenvalue weighted by Gasteiger charge is -2.22. The maximum atomic E-state index is 12.3. The number of aromatic nitrogens is 1. The molecule has 0 spiro atoms. The summed E-state index contributed by atoms with van der Waals surface area (Å²) in [4.78, 5) is 16.7. The van der Waals surface area contributed by atoms with Gasteiger partial charge in [-0.05, 0) is 50.3 Å². The van der Waals surface area contributed by atoms with Crippen LogP contribution in [-0.2, 0) is 4.79 Å². The van der Waals surface area contributed by atoms with Crippen molar-refractivity contribution in [1.29, 1.82) is 0 Å². The smallest absolute Gasteiger partial charge is 0.138 e. The molecule has 0 saturated carbocycles. The predicted molar refractivity (Wildman–Crippen MR) is 117 cm³/mol. The van der Waals surface area contributed by atoms with Crippen LogP contribution < -0.4 is 10.1 Å². The number of pyridine rings is 1. The minimum absolute atomic E-state index is 0.0516. The van der Waals surface area contributed by atoms with Crippen molar-refractivity contribution in [3.8, 4) is 5.75 Å². The number of carbonyl (C=O) groups excluding carboxylic acids is 1. The van der Waals surface area contributed by atoms with Gasteiger partial charge < -0.3 is 10.1 Å². The first-order valence-corrected chi connectivity index (χ1v) is 10.0. The monoisotopic (exact) mass is 380 g/mol. The highest BCUT2D eigenvalue weighted by Crippen LogP contribution is 2.28. The Kier molecular flexibility index (Phi) is 8.24. The topological polar surface area (TPSA) is 51.2 Å². The number of hydrogen-bond acceptors (Lipinski definition) is 4. The number of ketones is 1. The number of ether oxygens (including phenoxy) is 1. The number of Topliss-reactive ketones (excluding diaryl/α,β-unsaturated/α-hetero) is 1. The summed E-state index contributed by atoms with van der Waals surface area (Å²) in [7, 11) is 1.84. The third-order valence-corrected chi connectivity index (χ3v) is 5.09. The van der Waals surface area contributed by atoms with Gasteiger partial charge in [-0.2, -0.15) is 0 Å². The average molecular weight is 381 g/mol. The normalized spacial score (nSPS) is 12.9. The molecule has 0 bridgehead atoms. The molecule has 4 nitrogen and oxygen atoms in total. The van der Waals surface area contributed by atoms with Crippen LogP contribution in [0.5, 0.6) is 5.75 Å². The van der Waals surface area contributed by atoms with Gasteiger partial charge in [-0.15, -0.1) is 0 Å². The van der Waals surface area contributed by atoms with E-state index in [0.717, 1.165) is 53.9 Å². The number of anilines is 1. The standard InChI is InChI=1S/C24H32N2O2/c1-6-10-20(28-21-15-19(7-2)24(25-5)26-16-21)13-14-23(18(4)27)22-12-9-8-11-17(22)3/h7-9,11-12,15-16,20,23H,2,6,10,13-14H2,1,3-5H3,(H,25,26). The molecule has 0 radical (unpaired) electrons. The Hall–Kier alpha value is -2.62. The van der Waals surface area contributed by atoms with Crippen LogP contribution in [0.3, 0.4) is 0 Å². The second kappa shape index (κ2) is 10.6. The number of hydrogen-bond donors (Lipinski definition) is 1. The van der Waals surface area contributed by atoms with Gasteiger partial charge in [-0.25, -0.2) is 4.98 Å². The van der Waals surface area contributed by atoms with E-state index < -0.39 is 0 Å². The maximum absolute atomic E-state index is 12.3. The van der Waals surface area contributed by atoms with E-state index in [-0.39, 0.29) is 17.8 Å². The number of nitrogens with one attached hydrogen (secondary N) is 1. The highest BCUT2D eigenvalue weighted by Gasteiger charge is 2.21. The van der Waals surface area contributed by atoms with Crippen molar-refractivity contribution < 1.29 is 9.53 Å². The van der Waals surface area contributed by atoms with Crippen molar-refractivity contribution in [2.24, 2.45) is 0 Å². The summed E-state index contributed by atoms with van der Waals surface area (Å²) < 4.78 is 6.24. The maximum Gasteiger partial charge on any atom is 0.138 e. The van der Waals surface area contributed by atoms with E-state index in [1.807, 2.05) is 25.2 Å². The first-order chi connectivity index (χ1) is 13.5. The van der Waals surface area contributed by atoms with Crippen LogP contribution >= 0.6 is 0 Å². The molecule has 2 unspecified atom stereocenters. The number of carbonyl (C=O) groups is 1. The van der Waals surface area contributed by atoms with Gasteiger partial charge in [-0.1, -0.05) is 50.3 Å². The van der Waals surface area contributed by atoms with Crippen molar-refractivity contribution in [2.75, 3.05) is 12.4 Å². The molecule has 2 aromatic rings. The van der Waals surface area contributed by atoms with E-state index in [1.54, 1.807) is 19.2 Å². The highest BCUT2D eigenvalue weighted by molar-refractivity contribution is 5.83. The van der Waals surface area contributed by atoms with Crippen molar-refractivity contribution in [3.63, 3.8) is 0 Å². The molecule has 2 atom stereocenters. The Morgan fingerprint density at radius 2 is 2.04 bits per heavy atom. The molecule has 1 N–H and O–H groups in total. The van der Waals surface area contributed by atoms with Crippen molar-refractivity contribution in [3.05, 3.63) is 59.8 Å². The number of aryl methyl sites for hydroxylation is 1. The van der Waals surface area contributed by atoms with Gasteiger partial charge >= 0.3 is 0 Å². The Morgan fingerprint density at radius 3 is 2.64 bits per heavy atom. The Bertz CT molecular complexity index is 801. The molecule has 0 aliphatic rings. The van der Waals surface area contributed by atoms with Crippen LogP contribution in [0, 0.1) is 6.92 Å². The molecular weight excluding hydrogens is 348 g/mol. The minimum atomic E-state index is -0.0855. The van der Waals surface area contributed by atoms with Gasteiger partial charge in [0.05, 0.1) is 12.3 Å². The van der Waals surface area contributed by atoms with Crippen LogP contribution in [0.4, 0.5) is 5.82 Å². The number of rotatable bonds is 11. The Balaban J connectivity index is 2.12. The second-order valence-electron chi connectivity index (χ2n) is 7.19. The zero-order valence-corrected chi connectivity index (χ0v) is 17.5. The van der Waals surface area contributed by atoms with Gasteiger partial charge in [0.1, 0.15) is 17.4 Å². The molecule has 150 valence electrons. The summed E-state index contributed by atoms with van der Waals surface area (Å²) >= 11 is 0. The first kappa shape index (κ1) is 21.7. The van der Waals surface area contributed by atoms with Crippen LogP contribution in [0.1, 0.15) is 62.1 Å². The van der Waals surface area contributed by atoms with Gasteiger partial charge in [-0.3, -0.25) is 4.79 Å². The van der Waals surface area contributed by atoms with Crippen molar-refractivity contribution in [2.45, 2.75) is 58.5 Å². The van der Waals surface area contributed by atoms with E-state index >= 15 is 0 Å². The molecule has 1 heterocycles. The number of nitrogens with zero attached hydrogens (tertiary/aromatic N) is 1. The fourth-order valence-electron chi connectivity index (χ4n) is 3.58. The highest BCUT2D eigenvalue weighted by atomic mass is 16.5. The lowest BCUT2D eigenvalue weighted by atomic mass is 9.87. The fraction of sp³-hybridized carbons (Fsp3) is 0.417. The third kappa shape index (κ3) is 5.69. The zero-order chi connectivity index (χ0) is 20.5. The van der Waals surface area contributed by atoms with E-state index in [9.17, 15) is 4.79 Å². The minimum Gasteiger partial charge on any atom is -0.489 e. The van der Waals surface area contributed by atoms with Crippen molar-refractivity contribution in [1.82, 2.24) is 4.98 Å². The second-order valence-corrected chi connectivity index (χ2v) is 7.19. The largest absolute Gasteiger partial charge is 0.489 e. The molecule has 0 fully saturated rings. The summed E-state index contributed by atoms with van der Waals surface area (Å²) in [6.45, 7) is 9.74. The van der Waals surface area contributed by atoms with Crippen LogP contribution in [0.25, 0.3) is 6.08 Å². The molecule has 2 rings (SSSR count). The molecule has 0 aliphatic heterocycles. The van der Waals surface area contributed by atoms with Gasteiger partial charge in [0.2, 0.25) is 0 Å². The molecule has 0 amide bonds. The average Bonchev–Trinajstić information content (AvgIpc) is 2.69. The van der Waals surface area contributed by atoms with Crippen molar-refractivity contribution >= 4 is 17.7 Å². The quantitative estimate of drug-likeness (QED) is 0.537. The van der Waals surface area contributed by atoms with Crippen LogP contribution in [-0.4, -0.2) is 23.9 Å². The first-order valence-electron chi connectivity index (χ1n) is 10.0. The molecule has 0 aliphatic carbocycles. The predicted octanol–water partition coefficient (Wildman–Crippen LogP) is 5.78. The lowest BCUT2D eigenvalue weighted by molar-refractivity contribution is -0.118. The fourth-order valence-corrected chi connectivity index (χ4v) is 3.58. The SMILES string of the molecule is C=Cc1cc(OC(CCC)CCC(C(C)=O)c2ccccc2C)cnc1NC. The van der Waals surface area contributed by atoms with Gasteiger partial charge in [0, 0.05) is 18.5 Å². The molecule has 4 heteroatoms. The lowest BCUT2D eigenvalue weighted by Crippen LogP contribution is -2.20. The Labute approximate surface area is 169 Å². The van der Waals surface area contributed by atoms with E-state index in [0.29, 0.717) is 0 Å². The van der Waals surface area contributed by atoms with Crippen LogP contribution in [0.2, 0.25) is 0 Å². The Morgan fingerprint density at radius 1 is 1.29 bits per heavy atom. The molecular formula is C24H32N2O2. The molecule has 0 saturated heterocycles. The third-order valence-electron chi connectivity index (χ3n) is 5.09. The summed E-state index contributed by atoms with van der Waals surface area (Å²) in [6.07, 6.45) is 7.13. The van der Waals surface area contributed by atoms with E-state index in [2.05, 4.69) is 42.9 Å². The molecule has 28 heavy (non-hydrogen) atoms. The number of benzene rings is 1. The summed E-state index contributed by atoms with van der Waals surface area (Å²) in [5.74, 6) is 1.64. The van der Waals surface area contributed by atoms with Gasteiger partial charge in [0.25, 0.3) is 0 Å². The molecule has 1 aromatic carbocycles. The van der Waals surface area contributed by atoms with E-state index in [4.69, 9.17) is 4.74 Å². The zero-order valence-electron chi connectivity index (χ0n) is 17.5. The summed E-state index contributed by atoms with van der Waals surface area (Å²) in [6, 6.07) is 10.1. The molecule has 1 aromatic heterocycles. The summed E-state index contributed by atoms with van der Waals surface area (Å²) in [5.41, 5.74) is 3.20.